The predicted molar refractivity (Wildman–Crippen MR) is 142 cm³/mol. The molecule has 2 aromatic rings. The highest BCUT2D eigenvalue weighted by molar-refractivity contribution is 5.93. The highest BCUT2D eigenvalue weighted by atomic mass is 15.2. The number of nitrogens with two attached hydrogens (primary N) is 1. The Labute approximate surface area is 199 Å². The van der Waals surface area contributed by atoms with E-state index in [4.69, 9.17) is 4.98 Å². The minimum Gasteiger partial charge on any atom is -0.335 e. The number of rotatable bonds is 3. The summed E-state index contributed by atoms with van der Waals surface area (Å²) >= 11 is 0. The second kappa shape index (κ2) is 9.30. The molecule has 3 heteroatoms. The smallest absolute Gasteiger partial charge is 0.0927 e. The van der Waals surface area contributed by atoms with Gasteiger partial charge in [0.2, 0.25) is 0 Å². The molecule has 4 aliphatic rings. The molecule has 0 saturated carbocycles. The van der Waals surface area contributed by atoms with Crippen molar-refractivity contribution in [2.24, 2.45) is 11.7 Å². The maximum atomic E-state index is 5.27. The van der Waals surface area contributed by atoms with Crippen LogP contribution in [0, 0.1) is 19.8 Å². The summed E-state index contributed by atoms with van der Waals surface area (Å²) in [5, 5.41) is 1.45. The molecule has 3 heterocycles. The molecular weight excluding hydrogens is 402 g/mol. The minimum absolute atomic E-state index is 0.502. The van der Waals surface area contributed by atoms with Crippen LogP contribution in [0.15, 0.2) is 47.7 Å². The summed E-state index contributed by atoms with van der Waals surface area (Å²) in [6.45, 7) is 16.3. The summed E-state index contributed by atoms with van der Waals surface area (Å²) in [6, 6.07) is 2.31. The van der Waals surface area contributed by atoms with Gasteiger partial charge in [0.25, 0.3) is 0 Å². The second-order valence-electron chi connectivity index (χ2n) is 9.12. The molecule has 0 saturated heterocycles. The number of allylic oxidation sites excluding steroid dienone is 5. The van der Waals surface area contributed by atoms with Gasteiger partial charge in [-0.25, -0.2) is 4.98 Å². The number of aryl methyl sites for hydroxylation is 3. The SMILES string of the molecule is C=C1C(CCC)=C(C2C=C2)C=C2c3nc4cc(C)c(C)c5c4c(c3CN12)CCC5.CC.CN. The van der Waals surface area contributed by atoms with E-state index in [1.165, 1.54) is 82.1 Å². The quantitative estimate of drug-likeness (QED) is 0.526. The summed E-state index contributed by atoms with van der Waals surface area (Å²) in [5.41, 5.74) is 19.7. The van der Waals surface area contributed by atoms with Crippen LogP contribution >= 0.6 is 0 Å². The number of aromatic nitrogens is 1. The molecule has 1 aromatic carbocycles. The molecule has 0 spiro atoms. The molecule has 2 aliphatic heterocycles. The Morgan fingerprint density at radius 2 is 1.79 bits per heavy atom. The summed E-state index contributed by atoms with van der Waals surface area (Å²) in [4.78, 5) is 7.71. The lowest BCUT2D eigenvalue weighted by molar-refractivity contribution is 0.502. The number of pyridine rings is 1. The van der Waals surface area contributed by atoms with Crippen LogP contribution in [0.25, 0.3) is 16.6 Å². The Balaban J connectivity index is 0.000000617. The third-order valence-electron chi connectivity index (χ3n) is 7.40. The average Bonchev–Trinajstić information content (AvgIpc) is 3.63. The molecule has 2 N–H and O–H groups in total. The van der Waals surface area contributed by atoms with Crippen molar-refractivity contribution < 1.29 is 0 Å². The van der Waals surface area contributed by atoms with E-state index in [2.05, 4.69) is 62.3 Å². The van der Waals surface area contributed by atoms with Gasteiger partial charge in [0, 0.05) is 22.6 Å². The van der Waals surface area contributed by atoms with Crippen molar-refractivity contribution in [1.29, 1.82) is 0 Å². The lowest BCUT2D eigenvalue weighted by Crippen LogP contribution is -2.21. The fraction of sp³-hybridized carbons (Fsp3) is 0.433. The summed E-state index contributed by atoms with van der Waals surface area (Å²) in [7, 11) is 1.50. The highest BCUT2D eigenvalue weighted by Gasteiger charge is 2.37. The van der Waals surface area contributed by atoms with Gasteiger partial charge in [0.05, 0.1) is 23.5 Å². The molecule has 0 atom stereocenters. The van der Waals surface area contributed by atoms with Crippen LogP contribution < -0.4 is 5.73 Å². The van der Waals surface area contributed by atoms with E-state index < -0.39 is 0 Å². The maximum absolute atomic E-state index is 5.27. The fourth-order valence-electron chi connectivity index (χ4n) is 5.71. The molecule has 0 amide bonds. The van der Waals surface area contributed by atoms with E-state index in [1.54, 1.807) is 11.1 Å². The molecule has 0 fully saturated rings. The number of nitrogens with zero attached hydrogens (tertiary/aromatic N) is 2. The first-order chi connectivity index (χ1) is 16.1. The van der Waals surface area contributed by atoms with Gasteiger partial charge in [-0.1, -0.05) is 45.9 Å². The van der Waals surface area contributed by atoms with Gasteiger partial charge in [-0.2, -0.15) is 0 Å². The second-order valence-corrected chi connectivity index (χ2v) is 9.12. The van der Waals surface area contributed by atoms with Gasteiger partial charge in [-0.05, 0) is 92.1 Å². The standard InChI is InChI=1S/C27H28N2.C2H6.CH5N/c1-5-7-20-17(4)29-14-23-21-9-6-8-19-16(3)15(2)12-24(26(19)21)28-27(23)25(29)13-22(20)18-10-11-18;2*1-2/h10-13,18H,4-9,14H2,1-3H3;1-2H3;2H2,1H3. The van der Waals surface area contributed by atoms with E-state index >= 15 is 0 Å². The third kappa shape index (κ3) is 3.67. The predicted octanol–water partition coefficient (Wildman–Crippen LogP) is 6.91. The third-order valence-corrected chi connectivity index (χ3v) is 7.40. The molecule has 0 bridgehead atoms. The fourth-order valence-corrected chi connectivity index (χ4v) is 5.71. The molecule has 174 valence electrons. The number of hydrogen-bond acceptors (Lipinski definition) is 3. The first kappa shape index (κ1) is 23.5. The van der Waals surface area contributed by atoms with Crippen molar-refractivity contribution in [3.05, 3.63) is 81.2 Å². The van der Waals surface area contributed by atoms with Gasteiger partial charge >= 0.3 is 0 Å². The summed E-state index contributed by atoms with van der Waals surface area (Å²) in [6.07, 6.45) is 12.9. The first-order valence-corrected chi connectivity index (χ1v) is 12.7. The minimum atomic E-state index is 0.502. The molecular formula is C30H39N3. The van der Waals surface area contributed by atoms with Crippen LogP contribution in [-0.4, -0.2) is 16.9 Å². The van der Waals surface area contributed by atoms with Crippen LogP contribution in [0.4, 0.5) is 0 Å². The zero-order chi connectivity index (χ0) is 23.9. The Morgan fingerprint density at radius 3 is 2.45 bits per heavy atom. The van der Waals surface area contributed by atoms with Crippen molar-refractivity contribution >= 4 is 16.6 Å². The lowest BCUT2D eigenvalue weighted by atomic mass is 9.83. The Bertz CT molecular complexity index is 1200. The van der Waals surface area contributed by atoms with Crippen molar-refractivity contribution in [2.75, 3.05) is 7.05 Å². The van der Waals surface area contributed by atoms with Gasteiger partial charge in [-0.3, -0.25) is 0 Å². The Morgan fingerprint density at radius 1 is 1.09 bits per heavy atom. The zero-order valence-corrected chi connectivity index (χ0v) is 21.3. The van der Waals surface area contributed by atoms with Crippen molar-refractivity contribution in [2.45, 2.75) is 73.3 Å². The van der Waals surface area contributed by atoms with E-state index in [1.807, 2.05) is 13.8 Å². The normalized spacial score (nSPS) is 17.7. The van der Waals surface area contributed by atoms with Crippen molar-refractivity contribution in [3.63, 3.8) is 0 Å². The van der Waals surface area contributed by atoms with Crippen LogP contribution in [-0.2, 0) is 19.4 Å². The topological polar surface area (TPSA) is 42.2 Å². The molecule has 6 rings (SSSR count). The summed E-state index contributed by atoms with van der Waals surface area (Å²) in [5.74, 6) is 0.502. The van der Waals surface area contributed by atoms with Gasteiger partial charge in [0.1, 0.15) is 0 Å². The average molecular weight is 442 g/mol. The molecule has 0 radical (unpaired) electrons. The van der Waals surface area contributed by atoms with E-state index in [9.17, 15) is 0 Å². The van der Waals surface area contributed by atoms with Crippen molar-refractivity contribution in [3.8, 4) is 0 Å². The van der Waals surface area contributed by atoms with Crippen LogP contribution in [0.2, 0.25) is 0 Å². The lowest BCUT2D eigenvalue weighted by Gasteiger charge is -2.30. The van der Waals surface area contributed by atoms with Crippen LogP contribution in [0.1, 0.15) is 73.5 Å². The van der Waals surface area contributed by atoms with Gasteiger partial charge < -0.3 is 10.6 Å². The Kier molecular flexibility index (Phi) is 6.63. The monoisotopic (exact) mass is 441 g/mol. The van der Waals surface area contributed by atoms with Crippen LogP contribution in [0.5, 0.6) is 0 Å². The molecule has 0 unspecified atom stereocenters. The van der Waals surface area contributed by atoms with Gasteiger partial charge in [0.15, 0.2) is 0 Å². The molecule has 3 nitrogen and oxygen atoms in total. The highest BCUT2D eigenvalue weighted by Crippen LogP contribution is 2.48. The first-order valence-electron chi connectivity index (χ1n) is 12.7. The Hall–Kier alpha value is -2.65. The molecule has 2 aliphatic carbocycles. The van der Waals surface area contributed by atoms with Gasteiger partial charge in [-0.15, -0.1) is 0 Å². The number of hydrogen-bond donors (Lipinski definition) is 1. The van der Waals surface area contributed by atoms with E-state index in [0.29, 0.717) is 5.92 Å². The van der Waals surface area contributed by atoms with E-state index in [0.717, 1.165) is 19.4 Å². The molecule has 1 aromatic heterocycles. The number of benzene rings is 1. The summed E-state index contributed by atoms with van der Waals surface area (Å²) < 4.78 is 0. The maximum Gasteiger partial charge on any atom is 0.0927 e. The number of fused-ring (bicyclic) bond motifs is 4. The van der Waals surface area contributed by atoms with Crippen LogP contribution in [0.3, 0.4) is 0 Å². The zero-order valence-electron chi connectivity index (χ0n) is 21.3. The van der Waals surface area contributed by atoms with E-state index in [-0.39, 0.29) is 0 Å². The van der Waals surface area contributed by atoms with Crippen molar-refractivity contribution in [1.82, 2.24) is 9.88 Å². The molecule has 33 heavy (non-hydrogen) atoms. The largest absolute Gasteiger partial charge is 0.335 e.